The maximum Gasteiger partial charge on any atom is 0.220 e. The Morgan fingerprint density at radius 2 is 2.26 bits per heavy atom. The van der Waals surface area contributed by atoms with E-state index in [1.54, 1.807) is 0 Å². The molecule has 0 bridgehead atoms. The number of benzene rings is 1. The second kappa shape index (κ2) is 7.41. The maximum atomic E-state index is 11.7. The maximum absolute atomic E-state index is 11.7. The molecule has 2 saturated heterocycles. The first-order valence-corrected chi connectivity index (χ1v) is 10.2. The normalized spacial score (nSPS) is 27.9. The summed E-state index contributed by atoms with van der Waals surface area (Å²) >= 11 is 0. The van der Waals surface area contributed by atoms with Crippen molar-refractivity contribution in [3.05, 3.63) is 29.8 Å². The van der Waals surface area contributed by atoms with E-state index in [-0.39, 0.29) is 11.3 Å². The van der Waals surface area contributed by atoms with Crippen molar-refractivity contribution in [3.8, 4) is 0 Å². The van der Waals surface area contributed by atoms with E-state index in [4.69, 9.17) is 0 Å². The molecule has 1 amide bonds. The van der Waals surface area contributed by atoms with Crippen LogP contribution in [0, 0.1) is 5.41 Å². The Morgan fingerprint density at radius 3 is 3.04 bits per heavy atom. The Morgan fingerprint density at radius 1 is 1.41 bits per heavy atom. The summed E-state index contributed by atoms with van der Waals surface area (Å²) < 4.78 is 0. The molecule has 6 heteroatoms. The van der Waals surface area contributed by atoms with E-state index in [9.17, 15) is 4.79 Å². The molecule has 3 aliphatic rings. The van der Waals surface area contributed by atoms with Crippen LogP contribution < -0.4 is 15.5 Å². The van der Waals surface area contributed by atoms with Crippen molar-refractivity contribution in [2.45, 2.75) is 38.6 Å². The molecule has 2 unspecified atom stereocenters. The zero-order valence-corrected chi connectivity index (χ0v) is 16.5. The minimum atomic E-state index is 0.0926. The first-order valence-electron chi connectivity index (χ1n) is 10.2. The van der Waals surface area contributed by atoms with Crippen LogP contribution in [0.3, 0.4) is 0 Å². The zero-order valence-electron chi connectivity index (χ0n) is 16.5. The molecule has 6 nitrogen and oxygen atoms in total. The number of fused-ring (bicyclic) bond motifs is 1. The van der Waals surface area contributed by atoms with E-state index < -0.39 is 0 Å². The number of guanidine groups is 1. The van der Waals surface area contributed by atoms with E-state index >= 15 is 0 Å². The van der Waals surface area contributed by atoms with E-state index in [1.807, 2.05) is 7.05 Å². The van der Waals surface area contributed by atoms with Crippen LogP contribution in [0.2, 0.25) is 0 Å². The van der Waals surface area contributed by atoms with E-state index in [2.05, 4.69) is 56.6 Å². The van der Waals surface area contributed by atoms with Gasteiger partial charge in [0, 0.05) is 63.3 Å². The number of rotatable bonds is 3. The summed E-state index contributed by atoms with van der Waals surface area (Å²) in [6.07, 6.45) is 4.02. The zero-order chi connectivity index (χ0) is 18.9. The van der Waals surface area contributed by atoms with Crippen molar-refractivity contribution < 1.29 is 4.79 Å². The molecule has 0 aliphatic carbocycles. The Kier molecular flexibility index (Phi) is 4.98. The van der Waals surface area contributed by atoms with Crippen molar-refractivity contribution in [1.29, 1.82) is 0 Å². The molecule has 146 valence electrons. The lowest BCUT2D eigenvalue weighted by Gasteiger charge is -2.41. The summed E-state index contributed by atoms with van der Waals surface area (Å²) in [6.45, 7) is 6.86. The number of para-hydroxylation sites is 1. The van der Waals surface area contributed by atoms with Gasteiger partial charge in [-0.05, 0) is 37.8 Å². The van der Waals surface area contributed by atoms with Gasteiger partial charge in [-0.2, -0.15) is 0 Å². The molecule has 1 aromatic carbocycles. The van der Waals surface area contributed by atoms with Gasteiger partial charge < -0.3 is 20.4 Å². The highest BCUT2D eigenvalue weighted by Gasteiger charge is 2.42. The van der Waals surface area contributed by atoms with Gasteiger partial charge in [0.25, 0.3) is 0 Å². The van der Waals surface area contributed by atoms with Crippen LogP contribution in [0.15, 0.2) is 29.3 Å². The predicted octanol–water partition coefficient (Wildman–Crippen LogP) is 1.62. The summed E-state index contributed by atoms with van der Waals surface area (Å²) in [7, 11) is 1.86. The summed E-state index contributed by atoms with van der Waals surface area (Å²) in [5, 5.41) is 6.58. The molecule has 0 radical (unpaired) electrons. The molecule has 2 N–H and O–H groups in total. The second-order valence-electron chi connectivity index (χ2n) is 8.33. The quantitative estimate of drug-likeness (QED) is 0.628. The number of nitrogens with one attached hydrogen (secondary N) is 2. The number of carbonyl (C=O) groups excluding carboxylic acids is 1. The summed E-state index contributed by atoms with van der Waals surface area (Å²) in [4.78, 5) is 21.1. The number of hydrogen-bond donors (Lipinski definition) is 2. The molecular weight excluding hydrogens is 338 g/mol. The van der Waals surface area contributed by atoms with Crippen molar-refractivity contribution >= 4 is 17.6 Å². The molecule has 4 rings (SSSR count). The number of aliphatic imine (C=N–C) groups is 1. The minimum absolute atomic E-state index is 0.0926. The third-order valence-corrected chi connectivity index (χ3v) is 6.35. The van der Waals surface area contributed by atoms with Gasteiger partial charge in [-0.15, -0.1) is 0 Å². The molecule has 0 aromatic heterocycles. The molecule has 3 aliphatic heterocycles. The Hall–Kier alpha value is -2.24. The minimum Gasteiger partial charge on any atom is -0.367 e. The lowest BCUT2D eigenvalue weighted by molar-refractivity contribution is -0.119. The van der Waals surface area contributed by atoms with Crippen molar-refractivity contribution in [1.82, 2.24) is 15.5 Å². The molecule has 2 atom stereocenters. The molecule has 1 spiro atoms. The van der Waals surface area contributed by atoms with Gasteiger partial charge in [0.05, 0.1) is 0 Å². The van der Waals surface area contributed by atoms with Gasteiger partial charge in [-0.1, -0.05) is 18.2 Å². The Balaban J connectivity index is 1.34. The molecule has 1 aromatic rings. The summed E-state index contributed by atoms with van der Waals surface area (Å²) in [5.41, 5.74) is 2.91. The Bertz CT molecular complexity index is 733. The number of carbonyl (C=O) groups is 1. The average molecular weight is 370 g/mol. The third-order valence-electron chi connectivity index (χ3n) is 6.35. The number of amides is 1. The van der Waals surface area contributed by atoms with Crippen molar-refractivity contribution in [3.63, 3.8) is 0 Å². The van der Waals surface area contributed by atoms with Crippen LogP contribution in [-0.2, 0) is 11.2 Å². The predicted molar refractivity (Wildman–Crippen MR) is 109 cm³/mol. The van der Waals surface area contributed by atoms with Crippen LogP contribution in [0.4, 0.5) is 5.69 Å². The highest BCUT2D eigenvalue weighted by atomic mass is 16.1. The fourth-order valence-electron chi connectivity index (χ4n) is 5.02. The lowest BCUT2D eigenvalue weighted by atomic mass is 9.79. The average Bonchev–Trinajstić information content (AvgIpc) is 3.18. The molecule has 0 saturated carbocycles. The van der Waals surface area contributed by atoms with Crippen LogP contribution in [0.5, 0.6) is 0 Å². The molecule has 2 fully saturated rings. The van der Waals surface area contributed by atoms with Crippen LogP contribution in [0.25, 0.3) is 0 Å². The van der Waals surface area contributed by atoms with Gasteiger partial charge in [0.1, 0.15) is 0 Å². The van der Waals surface area contributed by atoms with Crippen LogP contribution >= 0.6 is 0 Å². The van der Waals surface area contributed by atoms with Gasteiger partial charge >= 0.3 is 0 Å². The van der Waals surface area contributed by atoms with Gasteiger partial charge in [0.15, 0.2) is 5.96 Å². The fourth-order valence-corrected chi connectivity index (χ4v) is 5.02. The van der Waals surface area contributed by atoms with E-state index in [0.29, 0.717) is 12.5 Å². The third kappa shape index (κ3) is 3.62. The van der Waals surface area contributed by atoms with Crippen molar-refractivity contribution in [2.24, 2.45) is 10.4 Å². The smallest absolute Gasteiger partial charge is 0.220 e. The summed E-state index contributed by atoms with van der Waals surface area (Å²) in [6, 6.07) is 9.26. The number of piperidine rings is 1. The van der Waals surface area contributed by atoms with Gasteiger partial charge in [-0.3, -0.25) is 9.79 Å². The number of hydrogen-bond acceptors (Lipinski definition) is 3. The summed E-state index contributed by atoms with van der Waals surface area (Å²) in [5.74, 6) is 1.16. The standard InChI is InChI=1S/C21H31N5O/c1-16-12-17-6-3-4-7-18(17)26(16)11-9-23-20(22-2)25-10-5-8-21(15-25)13-19(27)24-14-21/h3-4,6-7,16H,5,8-15H2,1-2H3,(H,22,23)(H,24,27). The number of nitrogens with zero attached hydrogens (tertiary/aromatic N) is 3. The number of likely N-dealkylation sites (tertiary alicyclic amines) is 1. The van der Waals surface area contributed by atoms with Gasteiger partial charge in [0.2, 0.25) is 5.91 Å². The highest BCUT2D eigenvalue weighted by molar-refractivity contribution is 5.81. The van der Waals surface area contributed by atoms with Crippen LogP contribution in [0.1, 0.15) is 31.7 Å². The Labute approximate surface area is 162 Å². The molecule has 3 heterocycles. The van der Waals surface area contributed by atoms with Crippen molar-refractivity contribution in [2.75, 3.05) is 44.7 Å². The first-order chi connectivity index (χ1) is 13.1. The highest BCUT2D eigenvalue weighted by Crippen LogP contribution is 2.36. The number of anilines is 1. The van der Waals surface area contributed by atoms with E-state index in [0.717, 1.165) is 57.9 Å². The lowest BCUT2D eigenvalue weighted by Crippen LogP contribution is -2.52. The van der Waals surface area contributed by atoms with E-state index in [1.165, 1.54) is 11.3 Å². The topological polar surface area (TPSA) is 60.0 Å². The molecular formula is C21H31N5O. The molecule has 27 heavy (non-hydrogen) atoms. The van der Waals surface area contributed by atoms with Crippen LogP contribution in [-0.4, -0.2) is 62.6 Å². The van der Waals surface area contributed by atoms with Gasteiger partial charge in [-0.25, -0.2) is 0 Å². The largest absolute Gasteiger partial charge is 0.367 e. The second-order valence-corrected chi connectivity index (χ2v) is 8.33. The SMILES string of the molecule is CN=C(NCCN1c2ccccc2CC1C)N1CCCC2(CNC(=O)C2)C1. The monoisotopic (exact) mass is 369 g/mol. The first kappa shape index (κ1) is 18.1. The fraction of sp³-hybridized carbons (Fsp3) is 0.619.